The first-order valence-corrected chi connectivity index (χ1v) is 5.27. The van der Waals surface area contributed by atoms with Crippen LogP contribution in [0, 0.1) is 12.7 Å². The van der Waals surface area contributed by atoms with Crippen molar-refractivity contribution in [3.8, 4) is 0 Å². The fourth-order valence-corrected chi connectivity index (χ4v) is 1.63. The number of halogens is 1. The molecule has 1 atom stereocenters. The Balaban J connectivity index is 2.40. The Morgan fingerprint density at radius 1 is 1.24 bits per heavy atom. The first kappa shape index (κ1) is 11.6. The molecule has 0 aliphatic rings. The van der Waals surface area contributed by atoms with Crippen LogP contribution in [0.2, 0.25) is 0 Å². The maximum atomic E-state index is 13.6. The summed E-state index contributed by atoms with van der Waals surface area (Å²) in [5.74, 6) is -0.353. The molecule has 1 N–H and O–H groups in total. The highest BCUT2D eigenvalue weighted by Crippen LogP contribution is 2.21. The summed E-state index contributed by atoms with van der Waals surface area (Å²) in [5.41, 5.74) is 2.03. The lowest BCUT2D eigenvalue weighted by atomic mass is 10.1. The maximum Gasteiger partial charge on any atom is 0.146 e. The molecule has 17 heavy (non-hydrogen) atoms. The molecular formula is C12H13FN4. The third-order valence-electron chi connectivity index (χ3n) is 2.50. The number of nitrogens with one attached hydrogen (secondary N) is 1. The van der Waals surface area contributed by atoms with Crippen molar-refractivity contribution in [3.63, 3.8) is 0 Å². The van der Waals surface area contributed by atoms with Gasteiger partial charge in [0.25, 0.3) is 0 Å². The normalized spacial score (nSPS) is 12.4. The maximum absolute atomic E-state index is 13.6. The van der Waals surface area contributed by atoms with Gasteiger partial charge in [0, 0.05) is 18.0 Å². The van der Waals surface area contributed by atoms with Crippen LogP contribution in [0.15, 0.2) is 30.9 Å². The Morgan fingerprint density at radius 3 is 2.65 bits per heavy atom. The molecule has 0 saturated heterocycles. The molecule has 2 aromatic rings. The van der Waals surface area contributed by atoms with E-state index in [1.807, 2.05) is 6.92 Å². The number of nitrogens with zero attached hydrogens (tertiary/aromatic N) is 3. The van der Waals surface area contributed by atoms with E-state index in [4.69, 9.17) is 0 Å². The van der Waals surface area contributed by atoms with Crippen LogP contribution >= 0.6 is 0 Å². The number of pyridine rings is 1. The van der Waals surface area contributed by atoms with Crippen LogP contribution in [0.25, 0.3) is 0 Å². The van der Waals surface area contributed by atoms with Crippen molar-refractivity contribution in [2.45, 2.75) is 13.0 Å². The lowest BCUT2D eigenvalue weighted by Crippen LogP contribution is -2.20. The van der Waals surface area contributed by atoms with E-state index in [2.05, 4.69) is 20.3 Å². The molecule has 2 heterocycles. The average Bonchev–Trinajstić information content (AvgIpc) is 2.35. The standard InChI is InChI=1S/C12H13FN4/c1-8-5-17-11(7-16-8)12(14-2)9-3-4-15-6-10(9)13/h3-7,12,14H,1-2H3. The van der Waals surface area contributed by atoms with Crippen LogP contribution in [0.3, 0.4) is 0 Å². The van der Waals surface area contributed by atoms with E-state index in [0.29, 0.717) is 11.3 Å². The number of hydrogen-bond acceptors (Lipinski definition) is 4. The fourth-order valence-electron chi connectivity index (χ4n) is 1.63. The molecule has 0 aliphatic carbocycles. The SMILES string of the molecule is CNC(c1cnc(C)cn1)c1ccncc1F. The molecule has 0 bridgehead atoms. The molecule has 1 unspecified atom stereocenters. The lowest BCUT2D eigenvalue weighted by molar-refractivity contribution is 0.564. The molecule has 2 aromatic heterocycles. The van der Waals surface area contributed by atoms with Gasteiger partial charge in [0.05, 0.1) is 29.8 Å². The van der Waals surface area contributed by atoms with Crippen molar-refractivity contribution in [1.29, 1.82) is 0 Å². The van der Waals surface area contributed by atoms with Crippen molar-refractivity contribution in [2.24, 2.45) is 0 Å². The molecule has 0 amide bonds. The summed E-state index contributed by atoms with van der Waals surface area (Å²) in [4.78, 5) is 12.1. The Kier molecular flexibility index (Phi) is 3.39. The van der Waals surface area contributed by atoms with Gasteiger partial charge in [-0.3, -0.25) is 15.0 Å². The average molecular weight is 232 g/mol. The van der Waals surface area contributed by atoms with Crippen LogP contribution < -0.4 is 5.32 Å². The number of aromatic nitrogens is 3. The van der Waals surface area contributed by atoms with Crippen LogP contribution in [-0.4, -0.2) is 22.0 Å². The Labute approximate surface area is 99.0 Å². The molecule has 0 aromatic carbocycles. The number of rotatable bonds is 3. The molecule has 0 aliphatic heterocycles. The van der Waals surface area contributed by atoms with Crippen molar-refractivity contribution in [1.82, 2.24) is 20.3 Å². The third-order valence-corrected chi connectivity index (χ3v) is 2.50. The second kappa shape index (κ2) is 4.97. The van der Waals surface area contributed by atoms with Gasteiger partial charge < -0.3 is 5.32 Å². The first-order chi connectivity index (χ1) is 8.22. The molecule has 0 saturated carbocycles. The van der Waals surface area contributed by atoms with Crippen molar-refractivity contribution in [3.05, 3.63) is 53.6 Å². The van der Waals surface area contributed by atoms with Gasteiger partial charge in [0.2, 0.25) is 0 Å². The fraction of sp³-hybridized carbons (Fsp3) is 0.250. The summed E-state index contributed by atoms with van der Waals surface area (Å²) in [5, 5.41) is 3.02. The second-order valence-corrected chi connectivity index (χ2v) is 3.70. The summed E-state index contributed by atoms with van der Waals surface area (Å²) < 4.78 is 13.6. The molecule has 88 valence electrons. The van der Waals surface area contributed by atoms with Crippen molar-refractivity contribution >= 4 is 0 Å². The van der Waals surface area contributed by atoms with E-state index in [9.17, 15) is 4.39 Å². The topological polar surface area (TPSA) is 50.7 Å². The number of aryl methyl sites for hydroxylation is 1. The van der Waals surface area contributed by atoms with E-state index in [1.54, 1.807) is 31.7 Å². The van der Waals surface area contributed by atoms with E-state index in [1.165, 1.54) is 6.20 Å². The monoisotopic (exact) mass is 232 g/mol. The highest BCUT2D eigenvalue weighted by Gasteiger charge is 2.17. The highest BCUT2D eigenvalue weighted by atomic mass is 19.1. The quantitative estimate of drug-likeness (QED) is 0.873. The second-order valence-electron chi connectivity index (χ2n) is 3.70. The van der Waals surface area contributed by atoms with Gasteiger partial charge in [0.15, 0.2) is 0 Å². The predicted molar refractivity (Wildman–Crippen MR) is 61.9 cm³/mol. The smallest absolute Gasteiger partial charge is 0.146 e. The zero-order chi connectivity index (χ0) is 12.3. The minimum atomic E-state index is -0.353. The van der Waals surface area contributed by atoms with E-state index in [-0.39, 0.29) is 11.9 Å². The van der Waals surface area contributed by atoms with E-state index in [0.717, 1.165) is 5.69 Å². The summed E-state index contributed by atoms with van der Waals surface area (Å²) in [6.07, 6.45) is 6.07. The van der Waals surface area contributed by atoms with Gasteiger partial charge in [-0.05, 0) is 20.0 Å². The number of hydrogen-bond donors (Lipinski definition) is 1. The molecule has 2 rings (SSSR count). The zero-order valence-electron chi connectivity index (χ0n) is 9.68. The van der Waals surface area contributed by atoms with Crippen LogP contribution in [-0.2, 0) is 0 Å². The Hall–Kier alpha value is -1.88. The van der Waals surface area contributed by atoms with Crippen LogP contribution in [0.1, 0.15) is 23.0 Å². The minimum Gasteiger partial charge on any atom is -0.308 e. The summed E-state index contributed by atoms with van der Waals surface area (Å²) in [6.45, 7) is 1.86. The molecule has 4 nitrogen and oxygen atoms in total. The Bertz CT molecular complexity index is 498. The van der Waals surface area contributed by atoms with Crippen LogP contribution in [0.5, 0.6) is 0 Å². The summed E-state index contributed by atoms with van der Waals surface area (Å²) >= 11 is 0. The van der Waals surface area contributed by atoms with Crippen molar-refractivity contribution < 1.29 is 4.39 Å². The minimum absolute atomic E-state index is 0.314. The van der Waals surface area contributed by atoms with Gasteiger partial charge in [-0.1, -0.05) is 0 Å². The van der Waals surface area contributed by atoms with E-state index >= 15 is 0 Å². The zero-order valence-corrected chi connectivity index (χ0v) is 9.68. The first-order valence-electron chi connectivity index (χ1n) is 5.27. The molecule has 5 heteroatoms. The van der Waals surface area contributed by atoms with Gasteiger partial charge in [-0.15, -0.1) is 0 Å². The molecule has 0 spiro atoms. The van der Waals surface area contributed by atoms with Gasteiger partial charge in [0.1, 0.15) is 5.82 Å². The van der Waals surface area contributed by atoms with Crippen molar-refractivity contribution in [2.75, 3.05) is 7.05 Å². The van der Waals surface area contributed by atoms with E-state index < -0.39 is 0 Å². The third kappa shape index (κ3) is 2.45. The van der Waals surface area contributed by atoms with Crippen LogP contribution in [0.4, 0.5) is 4.39 Å². The Morgan fingerprint density at radius 2 is 2.06 bits per heavy atom. The van der Waals surface area contributed by atoms with Gasteiger partial charge >= 0.3 is 0 Å². The molecular weight excluding hydrogens is 219 g/mol. The van der Waals surface area contributed by atoms with Gasteiger partial charge in [-0.25, -0.2) is 4.39 Å². The highest BCUT2D eigenvalue weighted by molar-refractivity contribution is 5.25. The van der Waals surface area contributed by atoms with Gasteiger partial charge in [-0.2, -0.15) is 0 Å². The molecule has 0 fully saturated rings. The lowest BCUT2D eigenvalue weighted by Gasteiger charge is -2.16. The summed E-state index contributed by atoms with van der Waals surface area (Å²) in [7, 11) is 1.76. The largest absolute Gasteiger partial charge is 0.308 e. The predicted octanol–water partition coefficient (Wildman–Crippen LogP) is 1.63. The molecule has 0 radical (unpaired) electrons. The summed E-state index contributed by atoms with van der Waals surface area (Å²) in [6, 6.07) is 1.32.